The van der Waals surface area contributed by atoms with E-state index in [0.29, 0.717) is 12.3 Å². The van der Waals surface area contributed by atoms with Crippen LogP contribution in [0.4, 0.5) is 4.39 Å². The molecule has 124 valence electrons. The largest absolute Gasteiger partial charge is 0.494 e. The summed E-state index contributed by atoms with van der Waals surface area (Å²) in [6.45, 7) is 5.16. The quantitative estimate of drug-likeness (QED) is 0.921. The minimum absolute atomic E-state index is 0.288. The lowest BCUT2D eigenvalue weighted by Crippen LogP contribution is -2.27. The number of nitrogens with zero attached hydrogens (tertiary/aromatic N) is 2. The number of methoxy groups -OCH3 is 1. The summed E-state index contributed by atoms with van der Waals surface area (Å²) in [5.41, 5.74) is 3.38. The molecule has 0 unspecified atom stereocenters. The second-order valence-corrected chi connectivity index (χ2v) is 6.05. The highest BCUT2D eigenvalue weighted by atomic mass is 19.1. The highest BCUT2D eigenvalue weighted by Crippen LogP contribution is 2.27. The fraction of sp³-hybridized carbons (Fsp3) is 0.500. The highest BCUT2D eigenvalue weighted by Gasteiger charge is 2.20. The first-order valence-corrected chi connectivity index (χ1v) is 8.31. The summed E-state index contributed by atoms with van der Waals surface area (Å²) >= 11 is 0. The first kappa shape index (κ1) is 16.0. The summed E-state index contributed by atoms with van der Waals surface area (Å²) in [6, 6.07) is 7.23. The van der Waals surface area contributed by atoms with Crippen molar-refractivity contribution in [2.24, 2.45) is 0 Å². The number of halogens is 1. The van der Waals surface area contributed by atoms with E-state index in [1.807, 2.05) is 0 Å². The Labute approximate surface area is 136 Å². The zero-order valence-electron chi connectivity index (χ0n) is 13.8. The maximum absolute atomic E-state index is 13.5. The molecule has 0 saturated carbocycles. The molecule has 23 heavy (non-hydrogen) atoms. The lowest BCUT2D eigenvalue weighted by Gasteiger charge is -2.23. The van der Waals surface area contributed by atoms with Crippen molar-refractivity contribution < 1.29 is 9.13 Å². The first-order valence-electron chi connectivity index (χ1n) is 8.31. The molecule has 0 atom stereocenters. The molecule has 0 aliphatic carbocycles. The van der Waals surface area contributed by atoms with Crippen molar-refractivity contribution >= 4 is 0 Å². The van der Waals surface area contributed by atoms with Gasteiger partial charge in [0.05, 0.1) is 12.8 Å². The van der Waals surface area contributed by atoms with E-state index in [4.69, 9.17) is 9.84 Å². The van der Waals surface area contributed by atoms with E-state index in [1.54, 1.807) is 12.1 Å². The molecule has 1 aromatic heterocycles. The SMILES string of the molecule is CCn1nc(Cc2ccc(F)c(OC)c2)cc1C1CCNCC1. The predicted molar refractivity (Wildman–Crippen MR) is 88.5 cm³/mol. The molecule has 2 aromatic rings. The van der Waals surface area contributed by atoms with Gasteiger partial charge in [-0.1, -0.05) is 6.07 Å². The zero-order chi connectivity index (χ0) is 16.2. The molecule has 1 fully saturated rings. The van der Waals surface area contributed by atoms with E-state index in [0.717, 1.165) is 43.7 Å². The Balaban J connectivity index is 1.81. The van der Waals surface area contributed by atoms with Gasteiger partial charge in [-0.05, 0) is 56.6 Å². The summed E-state index contributed by atoms with van der Waals surface area (Å²) in [4.78, 5) is 0. The molecule has 3 rings (SSSR count). The third kappa shape index (κ3) is 3.55. The van der Waals surface area contributed by atoms with Crippen molar-refractivity contribution in [3.05, 3.63) is 47.0 Å². The van der Waals surface area contributed by atoms with Gasteiger partial charge in [-0.25, -0.2) is 4.39 Å². The molecule has 1 N–H and O–H groups in total. The second kappa shape index (κ2) is 7.13. The average Bonchev–Trinajstić information content (AvgIpc) is 3.00. The van der Waals surface area contributed by atoms with Gasteiger partial charge >= 0.3 is 0 Å². The molecule has 1 aromatic carbocycles. The fourth-order valence-corrected chi connectivity index (χ4v) is 3.30. The van der Waals surface area contributed by atoms with Crippen LogP contribution < -0.4 is 10.1 Å². The maximum Gasteiger partial charge on any atom is 0.165 e. The van der Waals surface area contributed by atoms with E-state index >= 15 is 0 Å². The number of aryl methyl sites for hydroxylation is 1. The Morgan fingerprint density at radius 3 is 2.78 bits per heavy atom. The van der Waals surface area contributed by atoms with E-state index in [9.17, 15) is 4.39 Å². The molecule has 0 radical (unpaired) electrons. The standard InChI is InChI=1S/C18H24FN3O/c1-3-22-17(14-6-8-20-9-7-14)12-15(21-22)10-13-4-5-16(19)18(11-13)23-2/h4-5,11-12,14,20H,3,6-10H2,1-2H3. The van der Waals surface area contributed by atoms with Gasteiger partial charge in [0, 0.05) is 24.6 Å². The lowest BCUT2D eigenvalue weighted by molar-refractivity contribution is 0.386. The van der Waals surface area contributed by atoms with Crippen molar-refractivity contribution in [1.29, 1.82) is 0 Å². The highest BCUT2D eigenvalue weighted by molar-refractivity contribution is 5.33. The Bertz CT molecular complexity index is 662. The Kier molecular flexibility index (Phi) is 4.96. The number of aromatic nitrogens is 2. The van der Waals surface area contributed by atoms with E-state index in [-0.39, 0.29) is 11.6 Å². The van der Waals surface area contributed by atoms with Crippen molar-refractivity contribution in [3.63, 3.8) is 0 Å². The predicted octanol–water partition coefficient (Wildman–Crippen LogP) is 3.11. The van der Waals surface area contributed by atoms with Crippen molar-refractivity contribution in [1.82, 2.24) is 15.1 Å². The molecule has 1 saturated heterocycles. The third-order valence-electron chi connectivity index (χ3n) is 4.52. The molecule has 0 bridgehead atoms. The monoisotopic (exact) mass is 317 g/mol. The van der Waals surface area contributed by atoms with Crippen LogP contribution >= 0.6 is 0 Å². The molecular weight excluding hydrogens is 293 g/mol. The zero-order valence-corrected chi connectivity index (χ0v) is 13.8. The van der Waals surface area contributed by atoms with Crippen molar-refractivity contribution in [2.45, 2.75) is 38.6 Å². The van der Waals surface area contributed by atoms with Crippen LogP contribution in [0.3, 0.4) is 0 Å². The van der Waals surface area contributed by atoms with Gasteiger partial charge in [-0.2, -0.15) is 5.10 Å². The minimum Gasteiger partial charge on any atom is -0.494 e. The normalized spacial score (nSPS) is 15.8. The summed E-state index contributed by atoms with van der Waals surface area (Å²) in [6.07, 6.45) is 3.02. The van der Waals surface area contributed by atoms with Gasteiger partial charge in [0.1, 0.15) is 0 Å². The fourth-order valence-electron chi connectivity index (χ4n) is 3.30. The molecule has 0 spiro atoms. The number of piperidine rings is 1. The van der Waals surface area contributed by atoms with Gasteiger partial charge in [0.15, 0.2) is 11.6 Å². The van der Waals surface area contributed by atoms with Crippen LogP contribution in [-0.4, -0.2) is 30.0 Å². The molecule has 1 aliphatic heterocycles. The summed E-state index contributed by atoms with van der Waals surface area (Å²) in [5.74, 6) is 0.543. The van der Waals surface area contributed by atoms with Gasteiger partial charge in [-0.15, -0.1) is 0 Å². The maximum atomic E-state index is 13.5. The molecular formula is C18H24FN3O. The van der Waals surface area contributed by atoms with Crippen LogP contribution in [0.1, 0.15) is 42.6 Å². The number of rotatable bonds is 5. The molecule has 1 aliphatic rings. The van der Waals surface area contributed by atoms with E-state index in [2.05, 4.69) is 23.0 Å². The number of nitrogens with one attached hydrogen (secondary N) is 1. The minimum atomic E-state index is -0.328. The number of benzene rings is 1. The van der Waals surface area contributed by atoms with Gasteiger partial charge < -0.3 is 10.1 Å². The van der Waals surface area contributed by atoms with E-state index in [1.165, 1.54) is 18.9 Å². The van der Waals surface area contributed by atoms with Crippen LogP contribution in [0, 0.1) is 5.82 Å². The Morgan fingerprint density at radius 1 is 1.30 bits per heavy atom. The molecule has 4 nitrogen and oxygen atoms in total. The van der Waals surface area contributed by atoms with Crippen molar-refractivity contribution in [3.8, 4) is 5.75 Å². The Morgan fingerprint density at radius 2 is 2.09 bits per heavy atom. The van der Waals surface area contributed by atoms with Crippen LogP contribution in [-0.2, 0) is 13.0 Å². The van der Waals surface area contributed by atoms with Crippen LogP contribution in [0.25, 0.3) is 0 Å². The second-order valence-electron chi connectivity index (χ2n) is 6.05. The van der Waals surface area contributed by atoms with Crippen LogP contribution in [0.2, 0.25) is 0 Å². The van der Waals surface area contributed by atoms with Gasteiger partial charge in [0.25, 0.3) is 0 Å². The topological polar surface area (TPSA) is 39.1 Å². The summed E-state index contributed by atoms with van der Waals surface area (Å²) < 4.78 is 20.7. The lowest BCUT2D eigenvalue weighted by atomic mass is 9.94. The van der Waals surface area contributed by atoms with Crippen LogP contribution in [0.15, 0.2) is 24.3 Å². The summed E-state index contributed by atoms with van der Waals surface area (Å²) in [5, 5.41) is 8.15. The van der Waals surface area contributed by atoms with Gasteiger partial charge in [-0.3, -0.25) is 4.68 Å². The number of ether oxygens (including phenoxy) is 1. The Hall–Kier alpha value is -1.88. The van der Waals surface area contributed by atoms with Crippen molar-refractivity contribution in [2.75, 3.05) is 20.2 Å². The number of hydrogen-bond donors (Lipinski definition) is 1. The molecule has 2 heterocycles. The van der Waals surface area contributed by atoms with Crippen LogP contribution in [0.5, 0.6) is 5.75 Å². The summed E-state index contributed by atoms with van der Waals surface area (Å²) in [7, 11) is 1.49. The first-order chi connectivity index (χ1) is 11.2. The third-order valence-corrected chi connectivity index (χ3v) is 4.52. The molecule has 5 heteroatoms. The molecule has 0 amide bonds. The van der Waals surface area contributed by atoms with Gasteiger partial charge in [0.2, 0.25) is 0 Å². The van der Waals surface area contributed by atoms with E-state index < -0.39 is 0 Å². The average molecular weight is 317 g/mol. The number of hydrogen-bond acceptors (Lipinski definition) is 3. The smallest absolute Gasteiger partial charge is 0.165 e.